The Morgan fingerprint density at radius 1 is 1.25 bits per heavy atom. The number of hydrogen-bond acceptors (Lipinski definition) is 2. The average Bonchev–Trinajstić information content (AvgIpc) is 2.30. The van der Waals surface area contributed by atoms with Gasteiger partial charge in [-0.1, -0.05) is 15.9 Å². The van der Waals surface area contributed by atoms with Gasteiger partial charge >= 0.3 is 12.1 Å². The maximum absolute atomic E-state index is 12.8. The number of carboxylic acids is 1. The Morgan fingerprint density at radius 2 is 1.80 bits per heavy atom. The number of benzene rings is 1. The zero-order chi connectivity index (χ0) is 15.7. The first-order valence-corrected chi connectivity index (χ1v) is 6.65. The maximum atomic E-state index is 12.8. The third-order valence-electron chi connectivity index (χ3n) is 2.53. The molecule has 0 radical (unpaired) electrons. The standard InChI is InChI=1S/C11H8Br2F3NO3/c1-10(9(19)20,11(14,15)16)17-8(18)6-4-5(12)2-3-7(6)13/h2-4H,1H3,(H,17,18)(H,19,20). The molecule has 0 bridgehead atoms. The van der Waals surface area contributed by atoms with Gasteiger partial charge in [0.2, 0.25) is 5.54 Å². The second kappa shape index (κ2) is 5.72. The highest BCUT2D eigenvalue weighted by Gasteiger charge is 2.58. The van der Waals surface area contributed by atoms with Gasteiger partial charge in [-0.15, -0.1) is 0 Å². The number of rotatable bonds is 3. The molecule has 0 aliphatic heterocycles. The molecule has 1 rings (SSSR count). The molecule has 0 heterocycles. The summed E-state index contributed by atoms with van der Waals surface area (Å²) >= 11 is 6.09. The summed E-state index contributed by atoms with van der Waals surface area (Å²) < 4.78 is 39.1. The van der Waals surface area contributed by atoms with Crippen LogP contribution in [0.4, 0.5) is 13.2 Å². The van der Waals surface area contributed by atoms with Gasteiger partial charge in [-0.25, -0.2) is 4.79 Å². The van der Waals surface area contributed by atoms with Crippen molar-refractivity contribution in [3.63, 3.8) is 0 Å². The highest BCUT2D eigenvalue weighted by atomic mass is 79.9. The minimum atomic E-state index is -5.13. The third-order valence-corrected chi connectivity index (χ3v) is 3.72. The SMILES string of the molecule is CC(NC(=O)c1cc(Br)ccc1Br)(C(=O)O)C(F)(F)F. The molecule has 0 aromatic heterocycles. The first-order valence-electron chi connectivity index (χ1n) is 5.06. The van der Waals surface area contributed by atoms with Crippen molar-refractivity contribution in [2.24, 2.45) is 0 Å². The predicted molar refractivity (Wildman–Crippen MR) is 71.4 cm³/mol. The number of halogens is 5. The van der Waals surface area contributed by atoms with Crippen molar-refractivity contribution < 1.29 is 27.9 Å². The van der Waals surface area contributed by atoms with E-state index in [9.17, 15) is 22.8 Å². The Kier molecular flexibility index (Phi) is 4.86. The number of amides is 1. The molecule has 1 atom stereocenters. The number of alkyl halides is 3. The molecule has 9 heteroatoms. The van der Waals surface area contributed by atoms with E-state index in [0.717, 1.165) is 0 Å². The zero-order valence-electron chi connectivity index (χ0n) is 9.89. The molecule has 1 unspecified atom stereocenters. The highest BCUT2D eigenvalue weighted by Crippen LogP contribution is 2.31. The van der Waals surface area contributed by atoms with Crippen molar-refractivity contribution in [2.45, 2.75) is 18.6 Å². The molecule has 1 amide bonds. The van der Waals surface area contributed by atoms with Crippen LogP contribution in [0.3, 0.4) is 0 Å². The van der Waals surface area contributed by atoms with Gasteiger partial charge in [-0.2, -0.15) is 13.2 Å². The van der Waals surface area contributed by atoms with Crippen molar-refractivity contribution in [1.82, 2.24) is 5.32 Å². The minimum absolute atomic E-state index is 0.115. The van der Waals surface area contributed by atoms with Gasteiger partial charge in [0.25, 0.3) is 5.91 Å². The van der Waals surface area contributed by atoms with Crippen molar-refractivity contribution in [2.75, 3.05) is 0 Å². The fourth-order valence-electron chi connectivity index (χ4n) is 1.21. The largest absolute Gasteiger partial charge is 0.479 e. The van der Waals surface area contributed by atoms with Crippen molar-refractivity contribution in [3.05, 3.63) is 32.7 Å². The summed E-state index contributed by atoms with van der Waals surface area (Å²) in [6.45, 7) is 0.388. The van der Waals surface area contributed by atoms with Crippen molar-refractivity contribution >= 4 is 43.7 Å². The van der Waals surface area contributed by atoms with E-state index in [-0.39, 0.29) is 10.0 Å². The van der Waals surface area contributed by atoms with Gasteiger partial charge < -0.3 is 10.4 Å². The molecule has 1 aromatic rings. The number of nitrogens with one attached hydrogen (secondary N) is 1. The number of carboxylic acid groups (broad SMARTS) is 1. The normalized spacial score (nSPS) is 14.5. The lowest BCUT2D eigenvalue weighted by atomic mass is 10.0. The van der Waals surface area contributed by atoms with Gasteiger partial charge in [-0.3, -0.25) is 4.79 Å². The van der Waals surface area contributed by atoms with E-state index < -0.39 is 23.6 Å². The Labute approximate surface area is 128 Å². The predicted octanol–water partition coefficient (Wildman–Crippen LogP) is 3.35. The summed E-state index contributed by atoms with van der Waals surface area (Å²) in [6.07, 6.45) is -5.13. The summed E-state index contributed by atoms with van der Waals surface area (Å²) in [5.41, 5.74) is -3.48. The monoisotopic (exact) mass is 417 g/mol. The molecule has 0 spiro atoms. The van der Waals surface area contributed by atoms with E-state index in [0.29, 0.717) is 11.4 Å². The van der Waals surface area contributed by atoms with E-state index in [1.54, 1.807) is 6.07 Å². The molecule has 0 aliphatic rings. The van der Waals surface area contributed by atoms with Crippen LogP contribution in [-0.4, -0.2) is 28.7 Å². The average molecular weight is 419 g/mol. The first-order chi connectivity index (χ1) is 8.99. The summed E-state index contributed by atoms with van der Waals surface area (Å²) in [7, 11) is 0. The second-order valence-electron chi connectivity index (χ2n) is 4.01. The molecule has 4 nitrogen and oxygen atoms in total. The van der Waals surface area contributed by atoms with Crippen molar-refractivity contribution in [3.8, 4) is 0 Å². The number of aliphatic carboxylic acids is 1. The van der Waals surface area contributed by atoms with Crippen LogP contribution in [0.1, 0.15) is 17.3 Å². The van der Waals surface area contributed by atoms with Crippen LogP contribution >= 0.6 is 31.9 Å². The van der Waals surface area contributed by atoms with Gasteiger partial charge in [-0.05, 0) is 41.1 Å². The lowest BCUT2D eigenvalue weighted by molar-refractivity contribution is -0.203. The smallest absolute Gasteiger partial charge is 0.422 e. The van der Waals surface area contributed by atoms with Crippen LogP contribution in [0, 0.1) is 0 Å². The molecule has 0 fully saturated rings. The molecular formula is C11H8Br2F3NO3. The van der Waals surface area contributed by atoms with Crippen molar-refractivity contribution in [1.29, 1.82) is 0 Å². The van der Waals surface area contributed by atoms with Gasteiger partial charge in [0.1, 0.15) is 0 Å². The molecule has 0 saturated carbocycles. The Balaban J connectivity index is 3.16. The molecule has 2 N–H and O–H groups in total. The van der Waals surface area contributed by atoms with Gasteiger partial charge in [0, 0.05) is 8.95 Å². The van der Waals surface area contributed by atoms with Crippen LogP contribution < -0.4 is 5.32 Å². The third kappa shape index (κ3) is 3.32. The summed E-state index contributed by atoms with van der Waals surface area (Å²) in [5, 5.41) is 10.2. The van der Waals surface area contributed by atoms with Crippen LogP contribution in [0.25, 0.3) is 0 Å². The second-order valence-corrected chi connectivity index (χ2v) is 5.78. The number of carbonyl (C=O) groups is 2. The summed E-state index contributed by atoms with van der Waals surface area (Å²) in [6, 6.07) is 4.30. The van der Waals surface area contributed by atoms with E-state index in [1.165, 1.54) is 17.4 Å². The molecule has 0 saturated heterocycles. The fraction of sp³-hybridized carbons (Fsp3) is 0.273. The lowest BCUT2D eigenvalue weighted by Crippen LogP contribution is -2.61. The first kappa shape index (κ1) is 17.0. The summed E-state index contributed by atoms with van der Waals surface area (Å²) in [5.74, 6) is -3.34. The van der Waals surface area contributed by atoms with Crippen LogP contribution in [0.5, 0.6) is 0 Å². The fourth-order valence-corrected chi connectivity index (χ4v) is 2.00. The Hall–Kier alpha value is -1.09. The molecule has 0 aliphatic carbocycles. The Morgan fingerprint density at radius 3 is 2.25 bits per heavy atom. The van der Waals surface area contributed by atoms with E-state index in [4.69, 9.17) is 5.11 Å². The quantitative estimate of drug-likeness (QED) is 0.791. The van der Waals surface area contributed by atoms with Crippen LogP contribution in [-0.2, 0) is 4.79 Å². The molecular weight excluding hydrogens is 411 g/mol. The van der Waals surface area contributed by atoms with E-state index in [1.807, 2.05) is 0 Å². The Bertz CT molecular complexity index is 562. The molecule has 1 aromatic carbocycles. The molecule has 20 heavy (non-hydrogen) atoms. The maximum Gasteiger partial charge on any atom is 0.422 e. The number of hydrogen-bond donors (Lipinski definition) is 2. The number of carbonyl (C=O) groups excluding carboxylic acids is 1. The minimum Gasteiger partial charge on any atom is -0.479 e. The van der Waals surface area contributed by atoms with E-state index >= 15 is 0 Å². The zero-order valence-corrected chi connectivity index (χ0v) is 13.1. The molecule has 110 valence electrons. The van der Waals surface area contributed by atoms with Gasteiger partial charge in [0.05, 0.1) is 5.56 Å². The topological polar surface area (TPSA) is 66.4 Å². The lowest BCUT2D eigenvalue weighted by Gasteiger charge is -2.28. The van der Waals surface area contributed by atoms with E-state index in [2.05, 4.69) is 31.9 Å². The van der Waals surface area contributed by atoms with Crippen LogP contribution in [0.2, 0.25) is 0 Å². The van der Waals surface area contributed by atoms with Crippen LogP contribution in [0.15, 0.2) is 27.1 Å². The van der Waals surface area contributed by atoms with Gasteiger partial charge in [0.15, 0.2) is 0 Å². The highest BCUT2D eigenvalue weighted by molar-refractivity contribution is 9.11. The summed E-state index contributed by atoms with van der Waals surface area (Å²) in [4.78, 5) is 22.7.